The Balaban J connectivity index is 2.27. The van der Waals surface area contributed by atoms with Gasteiger partial charge >= 0.3 is 0 Å². The summed E-state index contributed by atoms with van der Waals surface area (Å²) in [7, 11) is 3.30. The molecule has 118 valence electrons. The van der Waals surface area contributed by atoms with Crippen molar-refractivity contribution in [3.05, 3.63) is 39.3 Å². The summed E-state index contributed by atoms with van der Waals surface area (Å²) in [6.07, 6.45) is 1.80. The molecule has 0 atom stereocenters. The summed E-state index contributed by atoms with van der Waals surface area (Å²) in [6.45, 7) is 1.18. The van der Waals surface area contributed by atoms with E-state index < -0.39 is 11.6 Å². The van der Waals surface area contributed by atoms with E-state index in [0.29, 0.717) is 13.1 Å². The van der Waals surface area contributed by atoms with E-state index in [1.165, 1.54) is 15.6 Å². The average molecular weight is 328 g/mol. The van der Waals surface area contributed by atoms with Crippen molar-refractivity contribution in [2.24, 2.45) is 0 Å². The van der Waals surface area contributed by atoms with Gasteiger partial charge in [0.1, 0.15) is 16.8 Å². The molecule has 0 fully saturated rings. The van der Waals surface area contributed by atoms with Gasteiger partial charge in [-0.05, 0) is 18.9 Å². The highest BCUT2D eigenvalue weighted by atomic mass is 35.5. The molecule has 0 N–H and O–H groups in total. The quantitative estimate of drug-likeness (QED) is 0.848. The summed E-state index contributed by atoms with van der Waals surface area (Å²) in [4.78, 5) is 14.1. The molecular formula is C15H16ClF2N3O. The van der Waals surface area contributed by atoms with Crippen molar-refractivity contribution in [2.75, 3.05) is 19.0 Å². The number of nitrogens with zero attached hydrogens (tertiary/aromatic N) is 3. The zero-order valence-electron chi connectivity index (χ0n) is 12.4. The van der Waals surface area contributed by atoms with Crippen LogP contribution < -0.4 is 10.5 Å². The Morgan fingerprint density at radius 1 is 1.09 bits per heavy atom. The highest BCUT2D eigenvalue weighted by molar-refractivity contribution is 6.32. The first kappa shape index (κ1) is 15.1. The van der Waals surface area contributed by atoms with Crippen LogP contribution in [0, 0.1) is 11.6 Å². The summed E-state index contributed by atoms with van der Waals surface area (Å²) < 4.78 is 31.2. The smallest absolute Gasteiger partial charge is 0.276 e. The summed E-state index contributed by atoms with van der Waals surface area (Å²) in [5, 5.41) is 0.208. The van der Waals surface area contributed by atoms with Crippen LogP contribution in [-0.4, -0.2) is 23.5 Å². The fraction of sp³-hybridized carbons (Fsp3) is 0.400. The standard InChI is InChI=1S/C15H16ClF2N3O/c1-19(2)12-7-9(10(17)8-11(12)18)13-14(16)20-5-3-4-6-21(20)15(13)22/h7-8H,3-6H2,1-2H3. The van der Waals surface area contributed by atoms with E-state index >= 15 is 0 Å². The SMILES string of the molecule is CN(C)c1cc(-c2c(Cl)n3n(c2=O)CCCC3)c(F)cc1F. The predicted octanol–water partition coefficient (Wildman–Crippen LogP) is 3.11. The van der Waals surface area contributed by atoms with Gasteiger partial charge in [0, 0.05) is 38.8 Å². The first-order valence-electron chi connectivity index (χ1n) is 7.07. The molecular weight excluding hydrogens is 312 g/mol. The van der Waals surface area contributed by atoms with Gasteiger partial charge in [-0.1, -0.05) is 11.6 Å². The van der Waals surface area contributed by atoms with Crippen molar-refractivity contribution < 1.29 is 8.78 Å². The van der Waals surface area contributed by atoms with E-state index in [1.54, 1.807) is 18.8 Å². The minimum absolute atomic E-state index is 0.0366. The monoisotopic (exact) mass is 327 g/mol. The van der Waals surface area contributed by atoms with Crippen molar-refractivity contribution in [3.8, 4) is 11.1 Å². The van der Waals surface area contributed by atoms with Crippen molar-refractivity contribution in [1.82, 2.24) is 9.36 Å². The molecule has 7 heteroatoms. The molecule has 0 unspecified atom stereocenters. The summed E-state index contributed by atoms with van der Waals surface area (Å²) >= 11 is 6.29. The first-order valence-corrected chi connectivity index (χ1v) is 7.45. The van der Waals surface area contributed by atoms with Gasteiger partial charge in [0.25, 0.3) is 5.56 Å². The van der Waals surface area contributed by atoms with Crippen LogP contribution in [0.25, 0.3) is 11.1 Å². The number of anilines is 1. The molecule has 0 saturated carbocycles. The Morgan fingerprint density at radius 3 is 2.32 bits per heavy atom. The molecule has 1 aromatic carbocycles. The molecule has 2 heterocycles. The van der Waals surface area contributed by atoms with Crippen molar-refractivity contribution in [1.29, 1.82) is 0 Å². The van der Waals surface area contributed by atoms with Gasteiger partial charge in [0.2, 0.25) is 0 Å². The second-order valence-corrected chi connectivity index (χ2v) is 5.96. The first-order chi connectivity index (χ1) is 10.4. The Kier molecular flexibility index (Phi) is 3.72. The molecule has 0 radical (unpaired) electrons. The van der Waals surface area contributed by atoms with Gasteiger partial charge in [0.05, 0.1) is 11.3 Å². The van der Waals surface area contributed by atoms with Crippen LogP contribution in [0.2, 0.25) is 5.15 Å². The lowest BCUT2D eigenvalue weighted by Crippen LogP contribution is -2.27. The maximum Gasteiger partial charge on any atom is 0.276 e. The number of hydrogen-bond donors (Lipinski definition) is 0. The van der Waals surface area contributed by atoms with Gasteiger partial charge < -0.3 is 4.90 Å². The van der Waals surface area contributed by atoms with E-state index in [-0.39, 0.29) is 27.5 Å². The Bertz CT molecular complexity index is 795. The zero-order valence-corrected chi connectivity index (χ0v) is 13.1. The number of aromatic nitrogens is 2. The fourth-order valence-corrected chi connectivity index (χ4v) is 3.18. The second kappa shape index (κ2) is 5.43. The Morgan fingerprint density at radius 2 is 1.73 bits per heavy atom. The van der Waals surface area contributed by atoms with Crippen LogP contribution in [0.1, 0.15) is 12.8 Å². The number of rotatable bonds is 2. The minimum Gasteiger partial charge on any atom is -0.375 e. The van der Waals surface area contributed by atoms with Gasteiger partial charge in [-0.25, -0.2) is 13.5 Å². The topological polar surface area (TPSA) is 30.2 Å². The molecule has 3 rings (SSSR count). The minimum atomic E-state index is -0.786. The maximum absolute atomic E-state index is 14.2. The second-order valence-electron chi connectivity index (χ2n) is 5.60. The molecule has 2 aromatic rings. The van der Waals surface area contributed by atoms with Crippen LogP contribution in [0.3, 0.4) is 0 Å². The third-order valence-corrected chi connectivity index (χ3v) is 4.33. The van der Waals surface area contributed by atoms with Crippen molar-refractivity contribution >= 4 is 17.3 Å². The van der Waals surface area contributed by atoms with Gasteiger partial charge in [-0.2, -0.15) is 0 Å². The van der Waals surface area contributed by atoms with Crippen LogP contribution in [0.4, 0.5) is 14.5 Å². The van der Waals surface area contributed by atoms with Crippen LogP contribution in [0.5, 0.6) is 0 Å². The largest absolute Gasteiger partial charge is 0.375 e. The molecule has 0 aliphatic carbocycles. The average Bonchev–Trinajstić information content (AvgIpc) is 2.72. The van der Waals surface area contributed by atoms with Crippen LogP contribution >= 0.6 is 11.6 Å². The van der Waals surface area contributed by atoms with Crippen LogP contribution in [-0.2, 0) is 13.1 Å². The normalized spacial score (nSPS) is 14.0. The molecule has 0 bridgehead atoms. The molecule has 1 aromatic heterocycles. The Labute approximate surface area is 131 Å². The third kappa shape index (κ3) is 2.22. The van der Waals surface area contributed by atoms with Crippen molar-refractivity contribution in [3.63, 3.8) is 0 Å². The van der Waals surface area contributed by atoms with E-state index in [9.17, 15) is 13.6 Å². The number of fused-ring (bicyclic) bond motifs is 1. The predicted molar refractivity (Wildman–Crippen MR) is 82.6 cm³/mol. The highest BCUT2D eigenvalue weighted by Gasteiger charge is 2.25. The van der Waals surface area contributed by atoms with Crippen molar-refractivity contribution in [2.45, 2.75) is 25.9 Å². The summed E-state index contributed by atoms with van der Waals surface area (Å²) in [5.74, 6) is -1.46. The molecule has 1 aliphatic heterocycles. The molecule has 0 amide bonds. The van der Waals surface area contributed by atoms with Gasteiger partial charge in [-0.3, -0.25) is 9.48 Å². The molecule has 1 aliphatic rings. The lowest BCUT2D eigenvalue weighted by Gasteiger charge is -2.17. The number of halogens is 3. The Hall–Kier alpha value is -1.82. The van der Waals surface area contributed by atoms with E-state index in [0.717, 1.165) is 18.9 Å². The fourth-order valence-electron chi connectivity index (χ4n) is 2.82. The zero-order chi connectivity index (χ0) is 16.0. The summed E-state index contributed by atoms with van der Waals surface area (Å²) in [6, 6.07) is 2.13. The summed E-state index contributed by atoms with van der Waals surface area (Å²) in [5.41, 5.74) is 0.0135. The maximum atomic E-state index is 14.2. The van der Waals surface area contributed by atoms with E-state index in [2.05, 4.69) is 0 Å². The lowest BCUT2D eigenvalue weighted by molar-refractivity contribution is 0.356. The lowest BCUT2D eigenvalue weighted by atomic mass is 10.1. The third-order valence-electron chi connectivity index (χ3n) is 3.95. The van der Waals surface area contributed by atoms with E-state index in [4.69, 9.17) is 11.6 Å². The molecule has 0 spiro atoms. The van der Waals surface area contributed by atoms with E-state index in [1.807, 2.05) is 0 Å². The molecule has 22 heavy (non-hydrogen) atoms. The highest BCUT2D eigenvalue weighted by Crippen LogP contribution is 2.33. The number of hydrogen-bond acceptors (Lipinski definition) is 2. The van der Waals surface area contributed by atoms with Gasteiger partial charge in [0.15, 0.2) is 0 Å². The number of benzene rings is 1. The molecule has 0 saturated heterocycles. The van der Waals surface area contributed by atoms with Gasteiger partial charge in [-0.15, -0.1) is 0 Å². The molecule has 4 nitrogen and oxygen atoms in total. The van der Waals surface area contributed by atoms with Crippen LogP contribution in [0.15, 0.2) is 16.9 Å².